The fraction of sp³-hybridized carbons (Fsp3) is 0.483. The minimum atomic E-state index is -1.11. The van der Waals surface area contributed by atoms with Crippen LogP contribution in [0, 0.1) is 5.95 Å². The van der Waals surface area contributed by atoms with Crippen molar-refractivity contribution in [3.63, 3.8) is 0 Å². The quantitative estimate of drug-likeness (QED) is 0.146. The number of rotatable bonds is 7. The summed E-state index contributed by atoms with van der Waals surface area (Å²) >= 11 is 0. The number of carbonyl (C=O) groups is 1. The van der Waals surface area contributed by atoms with Crippen molar-refractivity contribution in [2.24, 2.45) is 0 Å². The number of carbonyl (C=O) groups excluding carboxylic acids is 1. The Morgan fingerprint density at radius 1 is 1.24 bits per heavy atom. The fourth-order valence-electron chi connectivity index (χ4n) is 5.57. The topological polar surface area (TPSA) is 206 Å². The van der Waals surface area contributed by atoms with Gasteiger partial charge in [-0.2, -0.15) is 14.5 Å². The summed E-state index contributed by atoms with van der Waals surface area (Å²) in [4.78, 5) is 23.6. The Morgan fingerprint density at radius 2 is 2.07 bits per heavy atom. The molecule has 16 heteroatoms. The molecule has 1 saturated carbocycles. The molecule has 7 N–H and O–H groups in total. The van der Waals surface area contributed by atoms with Gasteiger partial charge in [0.1, 0.15) is 23.3 Å². The molecule has 4 aromatic rings. The molecule has 0 bridgehead atoms. The summed E-state index contributed by atoms with van der Waals surface area (Å²) in [5, 5.41) is 54.0. The molecule has 45 heavy (non-hydrogen) atoms. The number of nitrogens with one attached hydrogen (secondary N) is 3. The van der Waals surface area contributed by atoms with Crippen molar-refractivity contribution in [1.29, 1.82) is 0 Å². The first-order valence-corrected chi connectivity index (χ1v) is 14.8. The van der Waals surface area contributed by atoms with Crippen LogP contribution in [0.25, 0.3) is 5.52 Å². The molecule has 7 rings (SSSR count). The molecule has 3 aliphatic rings. The van der Waals surface area contributed by atoms with Gasteiger partial charge in [0.05, 0.1) is 24.6 Å². The number of fused-ring (bicyclic) bond motifs is 1. The van der Waals surface area contributed by atoms with Crippen LogP contribution in [0.4, 0.5) is 27.7 Å². The zero-order valence-electron chi connectivity index (χ0n) is 24.5. The van der Waals surface area contributed by atoms with Crippen LogP contribution in [0.1, 0.15) is 50.6 Å². The van der Waals surface area contributed by atoms with E-state index < -0.39 is 42.7 Å². The van der Waals surface area contributed by atoms with Crippen LogP contribution in [-0.4, -0.2) is 99.4 Å². The maximum absolute atomic E-state index is 13.3. The molecule has 4 aromatic heterocycles. The molecule has 1 amide bonds. The molecule has 6 heterocycles. The third kappa shape index (κ3) is 6.60. The molecular weight excluding hydrogens is 589 g/mol. The second kappa shape index (κ2) is 12.6. The van der Waals surface area contributed by atoms with Gasteiger partial charge < -0.3 is 40.7 Å². The largest absolute Gasteiger partial charge is 0.394 e. The van der Waals surface area contributed by atoms with Crippen LogP contribution in [0.5, 0.6) is 0 Å². The van der Waals surface area contributed by atoms with Gasteiger partial charge in [-0.05, 0) is 56.9 Å². The molecule has 5 atom stereocenters. The van der Waals surface area contributed by atoms with E-state index in [9.17, 15) is 9.18 Å². The van der Waals surface area contributed by atoms with Crippen molar-refractivity contribution in [3.8, 4) is 0 Å². The summed E-state index contributed by atoms with van der Waals surface area (Å²) in [7, 11) is 0. The number of ether oxygens (including phenoxy) is 1. The van der Waals surface area contributed by atoms with Gasteiger partial charge in [0, 0.05) is 36.8 Å². The summed E-state index contributed by atoms with van der Waals surface area (Å²) in [6.07, 6.45) is 2.86. The van der Waals surface area contributed by atoms with Crippen LogP contribution < -0.4 is 15.5 Å². The van der Waals surface area contributed by atoms with Gasteiger partial charge in [-0.1, -0.05) is 0 Å². The van der Waals surface area contributed by atoms with Gasteiger partial charge in [-0.15, -0.1) is 5.10 Å². The van der Waals surface area contributed by atoms with Crippen molar-refractivity contribution in [1.82, 2.24) is 29.8 Å². The molecule has 0 radical (unpaired) electrons. The predicted octanol–water partition coefficient (Wildman–Crippen LogP) is 1.41. The van der Waals surface area contributed by atoms with Gasteiger partial charge in [0.25, 0.3) is 0 Å². The number of hydrogen-bond acceptors (Lipinski definition) is 12. The molecule has 2 aliphatic heterocycles. The highest BCUT2D eigenvalue weighted by molar-refractivity contribution is 6.00. The summed E-state index contributed by atoms with van der Waals surface area (Å²) in [6.45, 7) is 2.10. The normalized spacial score (nSPS) is 26.4. The minimum absolute atomic E-state index is 0.0162. The van der Waals surface area contributed by atoms with E-state index in [0.717, 1.165) is 17.6 Å². The van der Waals surface area contributed by atoms with Crippen molar-refractivity contribution >= 4 is 34.7 Å². The number of anilines is 4. The average Bonchev–Trinajstić information content (AvgIpc) is 3.37. The first-order chi connectivity index (χ1) is 21.6. The van der Waals surface area contributed by atoms with Crippen LogP contribution in [0.2, 0.25) is 0 Å². The van der Waals surface area contributed by atoms with Gasteiger partial charge in [0.2, 0.25) is 17.8 Å². The maximum atomic E-state index is 13.3. The van der Waals surface area contributed by atoms with E-state index in [1.54, 1.807) is 4.52 Å². The zero-order chi connectivity index (χ0) is 31.7. The van der Waals surface area contributed by atoms with Crippen LogP contribution in [0.3, 0.4) is 0 Å². The molecule has 15 nitrogen and oxygen atoms in total. The van der Waals surface area contributed by atoms with Crippen molar-refractivity contribution in [2.75, 3.05) is 28.7 Å². The lowest BCUT2D eigenvalue weighted by Crippen LogP contribution is -2.51. The summed E-state index contributed by atoms with van der Waals surface area (Å²) in [5.41, 5.74) is 1.50. The molecule has 0 spiro atoms. The Morgan fingerprint density at radius 3 is 2.80 bits per heavy atom. The first-order valence-electron chi connectivity index (χ1n) is 14.8. The van der Waals surface area contributed by atoms with E-state index >= 15 is 0 Å². The Balaban J connectivity index is 0.000000276. The van der Waals surface area contributed by atoms with Gasteiger partial charge >= 0.3 is 0 Å². The molecule has 0 aromatic carbocycles. The number of H-pyrrole nitrogens is 1. The average molecular weight is 626 g/mol. The van der Waals surface area contributed by atoms with Crippen molar-refractivity contribution in [2.45, 2.75) is 75.1 Å². The lowest BCUT2D eigenvalue weighted by molar-refractivity contribution is -0.239. The highest BCUT2D eigenvalue weighted by atomic mass is 19.1. The number of hydrogen-bond donors (Lipinski definition) is 7. The lowest BCUT2D eigenvalue weighted by Gasteiger charge is -2.34. The van der Waals surface area contributed by atoms with E-state index in [2.05, 4.69) is 30.9 Å². The van der Waals surface area contributed by atoms with E-state index in [0.29, 0.717) is 42.2 Å². The van der Waals surface area contributed by atoms with Crippen LogP contribution in [-0.2, 0) is 9.53 Å². The molecule has 240 valence electrons. The number of pyridine rings is 1. The zero-order valence-corrected chi connectivity index (χ0v) is 24.5. The van der Waals surface area contributed by atoms with Crippen LogP contribution in [0.15, 0.2) is 42.7 Å². The molecule has 2 unspecified atom stereocenters. The minimum Gasteiger partial charge on any atom is -0.394 e. The highest BCUT2D eigenvalue weighted by Gasteiger charge is 2.45. The third-order valence-corrected chi connectivity index (χ3v) is 8.33. The van der Waals surface area contributed by atoms with Crippen molar-refractivity contribution < 1.29 is 34.3 Å². The maximum Gasteiger partial charge on any atom is 0.250 e. The predicted molar refractivity (Wildman–Crippen MR) is 159 cm³/mol. The number of amides is 1. The van der Waals surface area contributed by atoms with E-state index in [4.69, 9.17) is 30.1 Å². The van der Waals surface area contributed by atoms with E-state index in [-0.39, 0.29) is 12.3 Å². The molecule has 1 aliphatic carbocycles. The highest BCUT2D eigenvalue weighted by Crippen LogP contribution is 2.40. The molecule has 3 fully saturated rings. The molecule has 2 saturated heterocycles. The van der Waals surface area contributed by atoms with E-state index in [1.807, 2.05) is 36.2 Å². The SMILES string of the molecule is CC1(C(=O)Nc2ccc(F)nc2)CCCN1c1nc(Nc2cc(C3CC3)[nH]n2)c2cccn2n1.OC[C@H]1OC(O)C[C@@H](O)[C@@H]1O. The Hall–Kier alpha value is -4.22. The van der Waals surface area contributed by atoms with Crippen LogP contribution >= 0.6 is 0 Å². The number of aliphatic hydroxyl groups is 4. The number of aromatic amines is 1. The summed E-state index contributed by atoms with van der Waals surface area (Å²) in [5.74, 6) is 1.50. The number of aliphatic hydroxyl groups excluding tert-OH is 4. The summed E-state index contributed by atoms with van der Waals surface area (Å²) < 4.78 is 19.6. The van der Waals surface area contributed by atoms with Gasteiger partial charge in [-0.25, -0.2) is 9.50 Å². The smallest absolute Gasteiger partial charge is 0.250 e. The number of halogens is 1. The number of aromatic nitrogens is 6. The first kappa shape index (κ1) is 30.8. The monoisotopic (exact) mass is 625 g/mol. The van der Waals surface area contributed by atoms with E-state index in [1.165, 1.54) is 31.2 Å². The second-order valence-corrected chi connectivity index (χ2v) is 11.7. The number of nitrogens with zero attached hydrogens (tertiary/aromatic N) is 6. The Bertz CT molecular complexity index is 1630. The van der Waals surface area contributed by atoms with Crippen molar-refractivity contribution in [3.05, 3.63) is 54.4 Å². The Kier molecular flexibility index (Phi) is 8.65. The van der Waals surface area contributed by atoms with Gasteiger partial charge in [0.15, 0.2) is 17.9 Å². The Labute approximate surface area is 257 Å². The fourth-order valence-corrected chi connectivity index (χ4v) is 5.57. The third-order valence-electron chi connectivity index (χ3n) is 8.33. The second-order valence-electron chi connectivity index (χ2n) is 11.7. The molecular formula is C29H36FN9O6. The summed E-state index contributed by atoms with van der Waals surface area (Å²) in [6, 6.07) is 8.56. The van der Waals surface area contributed by atoms with Gasteiger partial charge in [-0.3, -0.25) is 9.89 Å². The standard InChI is InChI=1S/C23H24FN9O.C6H12O5/c1-23(21(34)26-15-7-8-18(24)25-13-15)9-3-10-32(23)22-28-20(17-4-2-11-33(17)31-22)27-19-12-16(29-30-19)14-5-6-14;7-2-4-6(10)3(8)1-5(9)11-4/h2,4,7-8,11-14H,3,5-6,9-10H2,1H3,(H,26,34)(H2,27,28,29,30,31);3-10H,1-2H2/t;3-,4-,5?,6+/m.1/s1. The lowest BCUT2D eigenvalue weighted by atomic mass is 9.97.